The van der Waals surface area contributed by atoms with E-state index in [0.717, 1.165) is 22.3 Å². The Labute approximate surface area is 119 Å². The zero-order chi connectivity index (χ0) is 14.9. The van der Waals surface area contributed by atoms with Crippen molar-refractivity contribution in [2.75, 3.05) is 7.05 Å². The monoisotopic (exact) mass is 293 g/mol. The highest BCUT2D eigenvalue weighted by atomic mass is 32.2. The van der Waals surface area contributed by atoms with Crippen LogP contribution in [0.2, 0.25) is 0 Å². The van der Waals surface area contributed by atoms with Crippen LogP contribution in [-0.2, 0) is 16.6 Å². The Hall–Kier alpha value is -1.66. The first-order chi connectivity index (χ1) is 9.32. The quantitative estimate of drug-likeness (QED) is 0.939. The lowest BCUT2D eigenvalue weighted by molar-refractivity contribution is 0.466. The number of hydrogen-bond donors (Lipinski definition) is 1. The maximum Gasteiger partial charge on any atom is 0.243 e. The van der Waals surface area contributed by atoms with Gasteiger partial charge in [0, 0.05) is 25.4 Å². The van der Waals surface area contributed by atoms with Crippen molar-refractivity contribution in [3.05, 3.63) is 46.8 Å². The smallest absolute Gasteiger partial charge is 0.243 e. The van der Waals surface area contributed by atoms with Gasteiger partial charge in [-0.3, -0.25) is 5.10 Å². The van der Waals surface area contributed by atoms with E-state index in [1.807, 2.05) is 32.9 Å². The van der Waals surface area contributed by atoms with E-state index in [4.69, 9.17) is 0 Å². The largest absolute Gasteiger partial charge is 0.285 e. The van der Waals surface area contributed by atoms with Crippen LogP contribution in [-0.4, -0.2) is 30.0 Å². The molecule has 1 N–H and O–H groups in total. The molecule has 0 aliphatic heterocycles. The fraction of sp³-hybridized carbons (Fsp3) is 0.357. The molecule has 1 aromatic carbocycles. The molecule has 2 rings (SSSR count). The third-order valence-electron chi connectivity index (χ3n) is 3.23. The molecule has 0 unspecified atom stereocenters. The molecule has 0 saturated carbocycles. The van der Waals surface area contributed by atoms with Crippen LogP contribution in [0.4, 0.5) is 0 Å². The number of aromatic amines is 1. The molecule has 0 atom stereocenters. The number of benzene rings is 1. The van der Waals surface area contributed by atoms with Crippen LogP contribution in [0.25, 0.3) is 0 Å². The molecule has 6 heteroatoms. The number of nitrogens with zero attached hydrogens (tertiary/aromatic N) is 2. The van der Waals surface area contributed by atoms with Crippen LogP contribution in [0, 0.1) is 20.8 Å². The molecular weight excluding hydrogens is 274 g/mol. The fourth-order valence-electron chi connectivity index (χ4n) is 2.44. The van der Waals surface area contributed by atoms with E-state index < -0.39 is 10.0 Å². The average Bonchev–Trinajstić information content (AvgIpc) is 2.79. The Balaban J connectivity index is 2.40. The molecule has 1 heterocycles. The van der Waals surface area contributed by atoms with Crippen LogP contribution in [0.3, 0.4) is 0 Å². The first-order valence-electron chi connectivity index (χ1n) is 6.34. The van der Waals surface area contributed by atoms with Gasteiger partial charge in [-0.25, -0.2) is 8.42 Å². The Morgan fingerprint density at radius 2 is 1.80 bits per heavy atom. The number of nitrogens with one attached hydrogen (secondary N) is 1. The van der Waals surface area contributed by atoms with Gasteiger partial charge in [0.1, 0.15) is 0 Å². The van der Waals surface area contributed by atoms with Gasteiger partial charge in [-0.05, 0) is 31.9 Å². The van der Waals surface area contributed by atoms with Gasteiger partial charge in [-0.15, -0.1) is 0 Å². The minimum atomic E-state index is -3.50. The minimum Gasteiger partial charge on any atom is -0.285 e. The number of H-pyrrole nitrogens is 1. The lowest BCUT2D eigenvalue weighted by Gasteiger charge is -2.20. The summed E-state index contributed by atoms with van der Waals surface area (Å²) in [7, 11) is -1.92. The summed E-state index contributed by atoms with van der Waals surface area (Å²) in [6.07, 6.45) is 3.32. The average molecular weight is 293 g/mol. The van der Waals surface area contributed by atoms with Crippen molar-refractivity contribution < 1.29 is 8.42 Å². The SMILES string of the molecule is Cc1cc(C)c(S(=O)(=O)N(C)Cc2cn[nH]c2)c(C)c1. The maximum absolute atomic E-state index is 12.7. The van der Waals surface area contributed by atoms with Crippen molar-refractivity contribution in [3.8, 4) is 0 Å². The maximum atomic E-state index is 12.7. The predicted molar refractivity (Wildman–Crippen MR) is 77.9 cm³/mol. The van der Waals surface area contributed by atoms with Crippen molar-refractivity contribution in [1.29, 1.82) is 0 Å². The first kappa shape index (κ1) is 14.7. The number of aromatic nitrogens is 2. The van der Waals surface area contributed by atoms with Crippen LogP contribution in [0.1, 0.15) is 22.3 Å². The Bertz CT molecular complexity index is 683. The summed E-state index contributed by atoms with van der Waals surface area (Å²) in [4.78, 5) is 0.397. The van der Waals surface area contributed by atoms with Crippen LogP contribution >= 0.6 is 0 Å². The zero-order valence-electron chi connectivity index (χ0n) is 12.1. The van der Waals surface area contributed by atoms with E-state index in [0.29, 0.717) is 11.4 Å². The van der Waals surface area contributed by atoms with E-state index in [-0.39, 0.29) is 0 Å². The minimum absolute atomic E-state index is 0.297. The normalized spacial score (nSPS) is 12.1. The van der Waals surface area contributed by atoms with Crippen molar-refractivity contribution in [2.24, 2.45) is 0 Å². The Morgan fingerprint density at radius 1 is 1.20 bits per heavy atom. The standard InChI is InChI=1S/C14H19N3O2S/c1-10-5-11(2)14(12(3)6-10)20(18,19)17(4)9-13-7-15-16-8-13/h5-8H,9H2,1-4H3,(H,15,16). The molecule has 108 valence electrons. The molecule has 2 aromatic rings. The summed E-state index contributed by atoms with van der Waals surface area (Å²) in [6, 6.07) is 3.79. The lowest BCUT2D eigenvalue weighted by atomic mass is 10.1. The van der Waals surface area contributed by atoms with E-state index in [1.165, 1.54) is 4.31 Å². The van der Waals surface area contributed by atoms with E-state index in [2.05, 4.69) is 10.2 Å². The molecule has 5 nitrogen and oxygen atoms in total. The summed E-state index contributed by atoms with van der Waals surface area (Å²) in [6.45, 7) is 5.92. The van der Waals surface area contributed by atoms with Gasteiger partial charge in [0.05, 0.1) is 11.1 Å². The number of hydrogen-bond acceptors (Lipinski definition) is 3. The Morgan fingerprint density at radius 3 is 2.30 bits per heavy atom. The van der Waals surface area contributed by atoms with Gasteiger partial charge in [0.25, 0.3) is 0 Å². The molecule has 0 bridgehead atoms. The van der Waals surface area contributed by atoms with Gasteiger partial charge in [-0.2, -0.15) is 9.40 Å². The second kappa shape index (κ2) is 5.38. The highest BCUT2D eigenvalue weighted by molar-refractivity contribution is 7.89. The van der Waals surface area contributed by atoms with Gasteiger partial charge < -0.3 is 0 Å². The van der Waals surface area contributed by atoms with E-state index in [1.54, 1.807) is 19.4 Å². The molecular formula is C14H19N3O2S. The molecule has 20 heavy (non-hydrogen) atoms. The lowest BCUT2D eigenvalue weighted by Crippen LogP contribution is -2.27. The van der Waals surface area contributed by atoms with Crippen molar-refractivity contribution in [2.45, 2.75) is 32.2 Å². The van der Waals surface area contributed by atoms with Crippen LogP contribution in [0.15, 0.2) is 29.4 Å². The highest BCUT2D eigenvalue weighted by Gasteiger charge is 2.25. The molecule has 0 amide bonds. The van der Waals surface area contributed by atoms with E-state index in [9.17, 15) is 8.42 Å². The molecule has 0 aliphatic carbocycles. The van der Waals surface area contributed by atoms with Gasteiger partial charge in [0.2, 0.25) is 10.0 Å². The summed E-state index contributed by atoms with van der Waals surface area (Å²) in [5.74, 6) is 0. The summed E-state index contributed by atoms with van der Waals surface area (Å²) < 4.78 is 26.8. The highest BCUT2D eigenvalue weighted by Crippen LogP contribution is 2.25. The molecule has 1 aromatic heterocycles. The molecule has 0 radical (unpaired) electrons. The van der Waals surface area contributed by atoms with Crippen molar-refractivity contribution in [3.63, 3.8) is 0 Å². The number of aryl methyl sites for hydroxylation is 3. The summed E-state index contributed by atoms with van der Waals surface area (Å²) in [5.41, 5.74) is 3.46. The number of rotatable bonds is 4. The van der Waals surface area contributed by atoms with Crippen LogP contribution in [0.5, 0.6) is 0 Å². The Kier molecular flexibility index (Phi) is 3.96. The van der Waals surface area contributed by atoms with Crippen LogP contribution < -0.4 is 0 Å². The third-order valence-corrected chi connectivity index (χ3v) is 5.34. The molecule has 0 fully saturated rings. The van der Waals surface area contributed by atoms with Crippen molar-refractivity contribution >= 4 is 10.0 Å². The third kappa shape index (κ3) is 2.76. The topological polar surface area (TPSA) is 66.1 Å². The summed E-state index contributed by atoms with van der Waals surface area (Å²) in [5, 5.41) is 6.52. The van der Waals surface area contributed by atoms with Crippen molar-refractivity contribution in [1.82, 2.24) is 14.5 Å². The fourth-order valence-corrected chi connectivity index (χ4v) is 4.00. The number of sulfonamides is 1. The van der Waals surface area contributed by atoms with Gasteiger partial charge >= 0.3 is 0 Å². The van der Waals surface area contributed by atoms with E-state index >= 15 is 0 Å². The molecule has 0 saturated heterocycles. The first-order valence-corrected chi connectivity index (χ1v) is 7.78. The second-order valence-electron chi connectivity index (χ2n) is 5.10. The second-order valence-corrected chi connectivity index (χ2v) is 7.08. The predicted octanol–water partition coefficient (Wildman–Crippen LogP) is 2.16. The van der Waals surface area contributed by atoms with Gasteiger partial charge in [-0.1, -0.05) is 17.7 Å². The molecule has 0 spiro atoms. The molecule has 0 aliphatic rings. The van der Waals surface area contributed by atoms with Gasteiger partial charge in [0.15, 0.2) is 0 Å². The summed E-state index contributed by atoms with van der Waals surface area (Å²) >= 11 is 0. The zero-order valence-corrected chi connectivity index (χ0v) is 13.0.